The van der Waals surface area contributed by atoms with Gasteiger partial charge in [0.1, 0.15) is 18.0 Å². The monoisotopic (exact) mass is 395 g/mol. The van der Waals surface area contributed by atoms with Gasteiger partial charge >= 0.3 is 12.1 Å². The minimum absolute atomic E-state index is 0.0602. The fourth-order valence-corrected chi connectivity index (χ4v) is 2.95. The van der Waals surface area contributed by atoms with Crippen molar-refractivity contribution in [1.82, 2.24) is 4.98 Å². The number of benzene rings is 1. The third-order valence-electron chi connectivity index (χ3n) is 4.18. The van der Waals surface area contributed by atoms with Crippen LogP contribution in [0.5, 0.6) is 11.6 Å². The molecule has 10 heteroatoms. The van der Waals surface area contributed by atoms with Crippen LogP contribution in [0, 0.1) is 0 Å². The van der Waals surface area contributed by atoms with Gasteiger partial charge in [0.05, 0.1) is 5.69 Å². The Morgan fingerprint density at radius 3 is 2.68 bits per heavy atom. The van der Waals surface area contributed by atoms with Crippen LogP contribution in [0.4, 0.5) is 18.9 Å². The second-order valence-corrected chi connectivity index (χ2v) is 6.13. The van der Waals surface area contributed by atoms with Crippen LogP contribution in [0.25, 0.3) is 0 Å². The molecular formula is C18H16F3N3O4. The molecule has 0 fully saturated rings. The zero-order valence-corrected chi connectivity index (χ0v) is 14.5. The van der Waals surface area contributed by atoms with Crippen LogP contribution in [-0.2, 0) is 28.7 Å². The molecule has 3 rings (SSSR count). The van der Waals surface area contributed by atoms with E-state index in [1.165, 1.54) is 18.2 Å². The van der Waals surface area contributed by atoms with Crippen LogP contribution in [0.3, 0.4) is 0 Å². The zero-order chi connectivity index (χ0) is 20.5. The third-order valence-corrected chi connectivity index (χ3v) is 4.18. The van der Waals surface area contributed by atoms with Crippen molar-refractivity contribution in [3.63, 3.8) is 0 Å². The van der Waals surface area contributed by atoms with Gasteiger partial charge in [0.25, 0.3) is 0 Å². The van der Waals surface area contributed by atoms with Crippen molar-refractivity contribution in [2.45, 2.75) is 25.6 Å². The van der Waals surface area contributed by atoms with Crippen LogP contribution in [0.1, 0.15) is 23.2 Å². The molecule has 0 saturated heterocycles. The number of amides is 1. The Labute approximate surface area is 157 Å². The van der Waals surface area contributed by atoms with Gasteiger partial charge in [-0.1, -0.05) is 6.07 Å². The van der Waals surface area contributed by atoms with Crippen molar-refractivity contribution in [2.24, 2.45) is 5.73 Å². The van der Waals surface area contributed by atoms with Crippen molar-refractivity contribution in [2.75, 3.05) is 11.4 Å². The summed E-state index contributed by atoms with van der Waals surface area (Å²) in [5, 5.41) is 9.02. The summed E-state index contributed by atoms with van der Waals surface area (Å²) >= 11 is 0. The largest absolute Gasteiger partial charge is 0.480 e. The number of aliphatic carboxylic acids is 1. The average Bonchev–Trinajstić information content (AvgIpc) is 2.63. The van der Waals surface area contributed by atoms with Gasteiger partial charge in [-0.3, -0.25) is 9.59 Å². The standard InChI is InChI=1S/C18H16F3N3O4/c19-18(20,21)14-6-10(8-22)7-15(23-14)28-13-3-1-2-12-11(13)4-5-16(25)24(12)9-17(26)27/h1-3,6-7H,4-5,8-9,22H2,(H,26,27). The van der Waals surface area contributed by atoms with Gasteiger partial charge in [-0.05, 0) is 30.2 Å². The molecule has 1 aliphatic heterocycles. The number of ether oxygens (including phenoxy) is 1. The number of carboxylic acids is 1. The van der Waals surface area contributed by atoms with E-state index in [1.807, 2.05) is 0 Å². The van der Waals surface area contributed by atoms with Crippen molar-refractivity contribution in [3.8, 4) is 11.6 Å². The Kier molecular flexibility index (Phi) is 5.23. The lowest BCUT2D eigenvalue weighted by Crippen LogP contribution is -2.39. The normalized spacial score (nSPS) is 14.0. The summed E-state index contributed by atoms with van der Waals surface area (Å²) in [5.74, 6) is -1.62. The van der Waals surface area contributed by atoms with Gasteiger partial charge in [0.2, 0.25) is 11.8 Å². The fraction of sp³-hybridized carbons (Fsp3) is 0.278. The number of carbonyl (C=O) groups excluding carboxylic acids is 1. The quantitative estimate of drug-likeness (QED) is 0.807. The van der Waals surface area contributed by atoms with Crippen molar-refractivity contribution >= 4 is 17.6 Å². The van der Waals surface area contributed by atoms with Crippen LogP contribution < -0.4 is 15.4 Å². The number of hydrogen-bond donors (Lipinski definition) is 2. The molecule has 0 bridgehead atoms. The van der Waals surface area contributed by atoms with Crippen LogP contribution >= 0.6 is 0 Å². The van der Waals surface area contributed by atoms with Crippen LogP contribution in [0.2, 0.25) is 0 Å². The van der Waals surface area contributed by atoms with E-state index in [1.54, 1.807) is 6.07 Å². The van der Waals surface area contributed by atoms with Crippen molar-refractivity contribution in [1.29, 1.82) is 0 Å². The van der Waals surface area contributed by atoms with Crippen LogP contribution in [0.15, 0.2) is 30.3 Å². The number of anilines is 1. The second kappa shape index (κ2) is 7.47. The third kappa shape index (κ3) is 4.06. The highest BCUT2D eigenvalue weighted by molar-refractivity contribution is 6.00. The number of nitrogens with two attached hydrogens (primary N) is 1. The molecule has 28 heavy (non-hydrogen) atoms. The molecule has 1 amide bonds. The van der Waals surface area contributed by atoms with E-state index in [-0.39, 0.29) is 42.5 Å². The molecule has 0 aliphatic carbocycles. The molecular weight excluding hydrogens is 379 g/mol. The average molecular weight is 395 g/mol. The number of rotatable bonds is 5. The molecule has 0 radical (unpaired) electrons. The Hall–Kier alpha value is -3.14. The fourth-order valence-electron chi connectivity index (χ4n) is 2.95. The molecule has 3 N–H and O–H groups in total. The molecule has 2 heterocycles. The summed E-state index contributed by atoms with van der Waals surface area (Å²) in [4.78, 5) is 27.7. The number of alkyl halides is 3. The van der Waals surface area contributed by atoms with E-state index in [4.69, 9.17) is 15.6 Å². The van der Waals surface area contributed by atoms with Gasteiger partial charge in [0, 0.05) is 24.6 Å². The predicted molar refractivity (Wildman–Crippen MR) is 92.0 cm³/mol. The zero-order valence-electron chi connectivity index (χ0n) is 14.5. The van der Waals surface area contributed by atoms with E-state index in [0.29, 0.717) is 11.3 Å². The molecule has 0 spiro atoms. The van der Waals surface area contributed by atoms with Gasteiger partial charge in [-0.15, -0.1) is 0 Å². The summed E-state index contributed by atoms with van der Waals surface area (Å²) < 4.78 is 44.8. The van der Waals surface area contributed by atoms with Gasteiger partial charge in [0.15, 0.2) is 0 Å². The van der Waals surface area contributed by atoms with E-state index in [9.17, 15) is 22.8 Å². The first kappa shape index (κ1) is 19.6. The molecule has 0 atom stereocenters. The second-order valence-electron chi connectivity index (χ2n) is 6.13. The van der Waals surface area contributed by atoms with E-state index in [0.717, 1.165) is 11.0 Å². The number of halogens is 3. The topological polar surface area (TPSA) is 106 Å². The van der Waals surface area contributed by atoms with Crippen molar-refractivity contribution in [3.05, 3.63) is 47.2 Å². The van der Waals surface area contributed by atoms with E-state index >= 15 is 0 Å². The lowest BCUT2D eigenvalue weighted by Gasteiger charge is -2.29. The summed E-state index contributed by atoms with van der Waals surface area (Å²) in [6.07, 6.45) is -4.34. The first-order valence-corrected chi connectivity index (χ1v) is 8.29. The molecule has 1 aromatic heterocycles. The number of fused-ring (bicyclic) bond motifs is 1. The lowest BCUT2D eigenvalue weighted by atomic mass is 10.00. The molecule has 2 aromatic rings. The highest BCUT2D eigenvalue weighted by atomic mass is 19.4. The van der Waals surface area contributed by atoms with E-state index in [2.05, 4.69) is 4.98 Å². The number of nitrogens with zero attached hydrogens (tertiary/aromatic N) is 2. The van der Waals surface area contributed by atoms with Gasteiger partial charge < -0.3 is 20.5 Å². The first-order chi connectivity index (χ1) is 13.2. The van der Waals surface area contributed by atoms with Gasteiger partial charge in [-0.25, -0.2) is 4.98 Å². The highest BCUT2D eigenvalue weighted by Crippen LogP contribution is 2.37. The molecule has 0 saturated carbocycles. The number of pyridine rings is 1. The maximum atomic E-state index is 13.1. The maximum Gasteiger partial charge on any atom is 0.433 e. The Morgan fingerprint density at radius 1 is 1.29 bits per heavy atom. The lowest BCUT2D eigenvalue weighted by molar-refractivity contribution is -0.141. The number of hydrogen-bond acceptors (Lipinski definition) is 5. The molecule has 7 nitrogen and oxygen atoms in total. The number of aromatic nitrogens is 1. The Morgan fingerprint density at radius 2 is 2.04 bits per heavy atom. The van der Waals surface area contributed by atoms with E-state index < -0.39 is 24.4 Å². The molecule has 1 aliphatic rings. The van der Waals surface area contributed by atoms with Crippen LogP contribution in [-0.4, -0.2) is 28.5 Å². The number of carboxylic acid groups (broad SMARTS) is 1. The summed E-state index contributed by atoms with van der Waals surface area (Å²) in [5.41, 5.74) is 5.41. The minimum atomic E-state index is -4.66. The highest BCUT2D eigenvalue weighted by Gasteiger charge is 2.34. The number of carbonyl (C=O) groups is 2. The SMILES string of the molecule is NCc1cc(Oc2cccc3c2CCC(=O)N3CC(=O)O)nc(C(F)(F)F)c1. The molecule has 148 valence electrons. The molecule has 0 unspecified atom stereocenters. The summed E-state index contributed by atoms with van der Waals surface area (Å²) in [6.45, 7) is -0.649. The minimum Gasteiger partial charge on any atom is -0.480 e. The first-order valence-electron chi connectivity index (χ1n) is 8.29. The summed E-state index contributed by atoms with van der Waals surface area (Å²) in [7, 11) is 0. The smallest absolute Gasteiger partial charge is 0.433 e. The predicted octanol–water partition coefficient (Wildman–Crippen LogP) is 2.72. The summed E-state index contributed by atoms with van der Waals surface area (Å²) in [6, 6.07) is 6.77. The Balaban J connectivity index is 2.00. The van der Waals surface area contributed by atoms with Crippen molar-refractivity contribution < 1.29 is 32.6 Å². The molecule has 1 aromatic carbocycles. The Bertz CT molecular complexity index is 931. The van der Waals surface area contributed by atoms with Gasteiger partial charge in [-0.2, -0.15) is 13.2 Å². The maximum absolute atomic E-state index is 13.1.